The molecular weight excluding hydrogens is 390 g/mol. The molecule has 3 amide bonds. The molecule has 6 heteroatoms. The summed E-state index contributed by atoms with van der Waals surface area (Å²) < 4.78 is 5.74. The molecule has 3 aromatic carbocycles. The number of urea groups is 1. The molecule has 160 valence electrons. The average Bonchev–Trinajstić information content (AvgIpc) is 2.77. The van der Waals surface area contributed by atoms with Crippen LogP contribution in [0.4, 0.5) is 10.5 Å². The van der Waals surface area contributed by atoms with Gasteiger partial charge in [0.25, 0.3) is 5.91 Å². The highest BCUT2D eigenvalue weighted by atomic mass is 16.5. The number of ether oxygens (including phenoxy) is 1. The molecule has 0 aliphatic carbocycles. The minimum absolute atomic E-state index is 0.0303. The lowest BCUT2D eigenvalue weighted by atomic mass is 10.1. The number of para-hydroxylation sites is 1. The zero-order valence-electron chi connectivity index (χ0n) is 17.7. The van der Waals surface area contributed by atoms with E-state index < -0.39 is 0 Å². The topological polar surface area (TPSA) is 79.5 Å². The lowest BCUT2D eigenvalue weighted by Gasteiger charge is -2.11. The molecule has 3 aromatic rings. The lowest BCUT2D eigenvalue weighted by Crippen LogP contribution is -2.34. The van der Waals surface area contributed by atoms with Crippen molar-refractivity contribution in [3.8, 4) is 5.75 Å². The van der Waals surface area contributed by atoms with Crippen LogP contribution in [-0.4, -0.2) is 18.0 Å². The molecule has 0 aliphatic heterocycles. The number of hydrogen-bond acceptors (Lipinski definition) is 3. The Morgan fingerprint density at radius 1 is 0.871 bits per heavy atom. The number of nitrogens with one attached hydrogen (secondary N) is 3. The SMILES string of the molecule is CC(C)NC(=O)Nc1cccc(C(=O)NCc2ccc(COc3ccccc3)cc2)c1. The third kappa shape index (κ3) is 7.19. The number of anilines is 1. The number of carbonyl (C=O) groups excluding carboxylic acids is 2. The fourth-order valence-electron chi connectivity index (χ4n) is 2.89. The molecule has 0 spiro atoms. The molecule has 0 aromatic heterocycles. The molecule has 3 rings (SSSR count). The number of hydrogen-bond donors (Lipinski definition) is 3. The van der Waals surface area contributed by atoms with Crippen LogP contribution >= 0.6 is 0 Å². The lowest BCUT2D eigenvalue weighted by molar-refractivity contribution is 0.0951. The molecule has 0 saturated carbocycles. The monoisotopic (exact) mass is 417 g/mol. The second-order valence-corrected chi connectivity index (χ2v) is 7.43. The smallest absolute Gasteiger partial charge is 0.319 e. The summed E-state index contributed by atoms with van der Waals surface area (Å²) in [6.45, 7) is 4.66. The van der Waals surface area contributed by atoms with E-state index in [1.54, 1.807) is 24.3 Å². The first-order chi connectivity index (χ1) is 15.0. The molecule has 0 aliphatic rings. The van der Waals surface area contributed by atoms with Crippen molar-refractivity contribution in [1.29, 1.82) is 0 Å². The summed E-state index contributed by atoms with van der Waals surface area (Å²) in [5, 5.41) is 8.39. The Hall–Kier alpha value is -3.80. The minimum atomic E-state index is -0.302. The predicted molar refractivity (Wildman–Crippen MR) is 122 cm³/mol. The first-order valence-corrected chi connectivity index (χ1v) is 10.2. The number of amides is 3. The highest BCUT2D eigenvalue weighted by Gasteiger charge is 2.08. The van der Waals surface area contributed by atoms with E-state index in [1.165, 1.54) is 0 Å². The van der Waals surface area contributed by atoms with E-state index in [-0.39, 0.29) is 18.0 Å². The van der Waals surface area contributed by atoms with Crippen LogP contribution in [-0.2, 0) is 13.2 Å². The van der Waals surface area contributed by atoms with Crippen LogP contribution in [0.1, 0.15) is 35.3 Å². The first kappa shape index (κ1) is 21.9. The van der Waals surface area contributed by atoms with E-state index in [1.807, 2.05) is 68.4 Å². The van der Waals surface area contributed by atoms with Crippen LogP contribution < -0.4 is 20.7 Å². The summed E-state index contributed by atoms with van der Waals surface area (Å²) in [4.78, 5) is 24.3. The number of benzene rings is 3. The van der Waals surface area contributed by atoms with Crippen molar-refractivity contribution in [2.24, 2.45) is 0 Å². The third-order valence-electron chi connectivity index (χ3n) is 4.43. The largest absolute Gasteiger partial charge is 0.489 e. The van der Waals surface area contributed by atoms with Gasteiger partial charge in [0.1, 0.15) is 12.4 Å². The van der Waals surface area contributed by atoms with Crippen molar-refractivity contribution in [1.82, 2.24) is 10.6 Å². The number of rotatable bonds is 8. The maximum atomic E-state index is 12.5. The van der Waals surface area contributed by atoms with Gasteiger partial charge in [-0.25, -0.2) is 4.79 Å². The van der Waals surface area contributed by atoms with Crippen molar-refractivity contribution < 1.29 is 14.3 Å². The normalized spacial score (nSPS) is 10.4. The van der Waals surface area contributed by atoms with Gasteiger partial charge in [-0.15, -0.1) is 0 Å². The highest BCUT2D eigenvalue weighted by Crippen LogP contribution is 2.13. The Labute approximate surface area is 182 Å². The van der Waals surface area contributed by atoms with Gasteiger partial charge in [-0.05, 0) is 55.3 Å². The van der Waals surface area contributed by atoms with Crippen LogP contribution in [0.2, 0.25) is 0 Å². The van der Waals surface area contributed by atoms with Crippen LogP contribution in [0.15, 0.2) is 78.9 Å². The summed E-state index contributed by atoms with van der Waals surface area (Å²) in [6.07, 6.45) is 0. The van der Waals surface area contributed by atoms with Gasteiger partial charge < -0.3 is 20.7 Å². The summed E-state index contributed by atoms with van der Waals surface area (Å²) in [5.41, 5.74) is 3.09. The Morgan fingerprint density at radius 2 is 1.58 bits per heavy atom. The maximum absolute atomic E-state index is 12.5. The minimum Gasteiger partial charge on any atom is -0.489 e. The van der Waals surface area contributed by atoms with Crippen LogP contribution in [0.5, 0.6) is 5.75 Å². The number of carbonyl (C=O) groups is 2. The summed E-state index contributed by atoms with van der Waals surface area (Å²) in [5.74, 6) is 0.627. The molecule has 0 bridgehead atoms. The molecule has 0 atom stereocenters. The van der Waals surface area contributed by atoms with Gasteiger partial charge in [-0.3, -0.25) is 4.79 Å². The van der Waals surface area contributed by atoms with Crippen molar-refractivity contribution in [2.75, 3.05) is 5.32 Å². The van der Waals surface area contributed by atoms with Crippen molar-refractivity contribution >= 4 is 17.6 Å². The summed E-state index contributed by atoms with van der Waals surface area (Å²) in [6, 6.07) is 24.2. The molecule has 0 heterocycles. The second kappa shape index (κ2) is 10.8. The molecule has 0 radical (unpaired) electrons. The molecule has 31 heavy (non-hydrogen) atoms. The molecule has 0 fully saturated rings. The second-order valence-electron chi connectivity index (χ2n) is 7.43. The fraction of sp³-hybridized carbons (Fsp3) is 0.200. The summed E-state index contributed by atoms with van der Waals surface area (Å²) in [7, 11) is 0. The quantitative estimate of drug-likeness (QED) is 0.496. The Kier molecular flexibility index (Phi) is 7.65. The standard InChI is InChI=1S/C25H27N3O3/c1-18(2)27-25(30)28-22-8-6-7-21(15-22)24(29)26-16-19-11-13-20(14-12-19)17-31-23-9-4-3-5-10-23/h3-15,18H,16-17H2,1-2H3,(H,26,29)(H2,27,28,30). The van der Waals surface area contributed by atoms with Crippen LogP contribution in [0.3, 0.4) is 0 Å². The van der Waals surface area contributed by atoms with Gasteiger partial charge in [-0.1, -0.05) is 48.5 Å². The Morgan fingerprint density at radius 3 is 2.29 bits per heavy atom. The molecule has 3 N–H and O–H groups in total. The zero-order valence-corrected chi connectivity index (χ0v) is 17.7. The molecular formula is C25H27N3O3. The fourth-order valence-corrected chi connectivity index (χ4v) is 2.89. The average molecular weight is 418 g/mol. The van der Waals surface area contributed by atoms with E-state index in [2.05, 4.69) is 16.0 Å². The molecule has 0 unspecified atom stereocenters. The van der Waals surface area contributed by atoms with E-state index in [0.717, 1.165) is 16.9 Å². The van der Waals surface area contributed by atoms with Gasteiger partial charge >= 0.3 is 6.03 Å². The Balaban J connectivity index is 1.50. The van der Waals surface area contributed by atoms with E-state index in [4.69, 9.17) is 4.74 Å². The van der Waals surface area contributed by atoms with E-state index >= 15 is 0 Å². The molecule has 0 saturated heterocycles. The van der Waals surface area contributed by atoms with Gasteiger partial charge in [0.2, 0.25) is 0 Å². The maximum Gasteiger partial charge on any atom is 0.319 e. The van der Waals surface area contributed by atoms with Gasteiger partial charge in [-0.2, -0.15) is 0 Å². The van der Waals surface area contributed by atoms with E-state index in [0.29, 0.717) is 24.4 Å². The van der Waals surface area contributed by atoms with Crippen molar-refractivity contribution in [2.45, 2.75) is 33.0 Å². The van der Waals surface area contributed by atoms with Crippen LogP contribution in [0, 0.1) is 0 Å². The van der Waals surface area contributed by atoms with E-state index in [9.17, 15) is 9.59 Å². The molecule has 6 nitrogen and oxygen atoms in total. The van der Waals surface area contributed by atoms with Gasteiger partial charge in [0.15, 0.2) is 0 Å². The third-order valence-corrected chi connectivity index (χ3v) is 4.43. The van der Waals surface area contributed by atoms with Crippen molar-refractivity contribution in [3.05, 3.63) is 95.6 Å². The Bertz CT molecular complexity index is 1000. The van der Waals surface area contributed by atoms with Gasteiger partial charge in [0.05, 0.1) is 0 Å². The summed E-state index contributed by atoms with van der Waals surface area (Å²) >= 11 is 0. The first-order valence-electron chi connectivity index (χ1n) is 10.2. The highest BCUT2D eigenvalue weighted by molar-refractivity contribution is 5.96. The zero-order chi connectivity index (χ0) is 22.1. The van der Waals surface area contributed by atoms with Crippen molar-refractivity contribution in [3.63, 3.8) is 0 Å². The van der Waals surface area contributed by atoms with Gasteiger partial charge in [0, 0.05) is 23.8 Å². The predicted octanol–water partition coefficient (Wildman–Crippen LogP) is 4.73. The van der Waals surface area contributed by atoms with Crippen LogP contribution in [0.25, 0.3) is 0 Å².